The van der Waals surface area contributed by atoms with Gasteiger partial charge in [-0.2, -0.15) is 0 Å². The lowest BCUT2D eigenvalue weighted by molar-refractivity contribution is -0.000507. The topological polar surface area (TPSA) is 27.7 Å². The van der Waals surface area contributed by atoms with Gasteiger partial charge in [-0.1, -0.05) is 163 Å². The third kappa shape index (κ3) is 9.63. The first-order valence-electron chi connectivity index (χ1n) is 13.8. The Morgan fingerprint density at radius 3 is 0.930 bits per heavy atom. The van der Waals surface area contributed by atoms with Crippen LogP contribution in [0.15, 0.2) is 36.4 Å². The van der Waals surface area contributed by atoms with E-state index in [0.717, 1.165) is 19.3 Å². The molecule has 0 N–H and O–H groups in total. The molecule has 43 heavy (non-hydrogen) atoms. The van der Waals surface area contributed by atoms with Gasteiger partial charge < -0.3 is 14.0 Å². The Kier molecular flexibility index (Phi) is 15.7. The normalized spacial score (nSPS) is 13.7. The van der Waals surface area contributed by atoms with E-state index in [1.165, 1.54) is 0 Å². The van der Waals surface area contributed by atoms with Crippen molar-refractivity contribution in [1.82, 2.24) is 0 Å². The number of benzene rings is 3. The summed E-state index contributed by atoms with van der Waals surface area (Å²) in [4.78, 5) is 0. The molecule has 0 aliphatic heterocycles. The zero-order chi connectivity index (χ0) is 31.8. The van der Waals surface area contributed by atoms with E-state index in [1.54, 1.807) is 36.4 Å². The number of hydrogen-bond acceptors (Lipinski definition) is 3. The largest absolute Gasteiger partial charge is 0.640 e. The average Bonchev–Trinajstić information content (AvgIpc) is 2.97. The van der Waals surface area contributed by atoms with Crippen LogP contribution in [-0.4, -0.2) is 7.32 Å². The maximum Gasteiger partial charge on any atom is 0.640 e. The summed E-state index contributed by atoms with van der Waals surface area (Å²) in [5, 5.41) is 2.60. The third-order valence-corrected chi connectivity index (χ3v) is 10.6. The van der Waals surface area contributed by atoms with Gasteiger partial charge in [-0.25, -0.2) is 0 Å². The zero-order valence-electron chi connectivity index (χ0n) is 23.6. The van der Waals surface area contributed by atoms with Crippen molar-refractivity contribution >= 4 is 112 Å². The summed E-state index contributed by atoms with van der Waals surface area (Å²) in [5.74, 6) is 0. The van der Waals surface area contributed by atoms with Gasteiger partial charge in [0.15, 0.2) is 0 Å². The van der Waals surface area contributed by atoms with Gasteiger partial charge in [0, 0.05) is 0 Å². The van der Waals surface area contributed by atoms with Crippen LogP contribution in [0.4, 0.5) is 0 Å². The molecule has 3 rings (SSSR count). The third-order valence-electron chi connectivity index (χ3n) is 6.71. The molecule has 234 valence electrons. The van der Waals surface area contributed by atoms with Crippen molar-refractivity contribution in [2.75, 3.05) is 0 Å². The Bertz CT molecular complexity index is 1230. The molecule has 0 spiro atoms. The van der Waals surface area contributed by atoms with Gasteiger partial charge in [-0.15, -0.1) is 0 Å². The molecule has 3 aromatic rings. The molecule has 3 unspecified atom stereocenters. The highest BCUT2D eigenvalue weighted by atomic mass is 35.5. The van der Waals surface area contributed by atoms with Gasteiger partial charge in [0.05, 0.1) is 63.5 Å². The Morgan fingerprint density at radius 2 is 0.698 bits per heavy atom. The first-order valence-corrected chi connectivity index (χ1v) is 17.2. The van der Waals surface area contributed by atoms with E-state index in [1.807, 2.05) is 20.8 Å². The van der Waals surface area contributed by atoms with Crippen LogP contribution in [0.1, 0.15) is 94.3 Å². The fourth-order valence-electron chi connectivity index (χ4n) is 4.54. The molecule has 0 amide bonds. The fourth-order valence-corrected chi connectivity index (χ4v) is 6.54. The minimum atomic E-state index is -1.22. The zero-order valence-corrected chi connectivity index (χ0v) is 30.4. The quantitative estimate of drug-likeness (QED) is 0.114. The molecule has 0 aliphatic carbocycles. The molecule has 3 aromatic carbocycles. The Morgan fingerprint density at radius 1 is 0.442 bits per heavy atom. The molecule has 0 bridgehead atoms. The van der Waals surface area contributed by atoms with Crippen LogP contribution in [0.25, 0.3) is 0 Å². The van der Waals surface area contributed by atoms with E-state index < -0.39 is 25.6 Å². The minimum Gasteiger partial charge on any atom is -0.379 e. The molecule has 0 aliphatic rings. The highest BCUT2D eigenvalue weighted by Crippen LogP contribution is 2.43. The number of hydrogen-bond donors (Lipinski definition) is 0. The SMILES string of the molecule is CCCC(OB(OC(CCC)c1ccc(Cl)c(Cl)c1Cl)OC(CCC)c1ccc(Cl)c(Cl)c1Cl)c1ccc(Cl)c(Cl)c1Cl. The summed E-state index contributed by atoms with van der Waals surface area (Å²) in [7, 11) is -1.22. The van der Waals surface area contributed by atoms with Crippen LogP contribution >= 0.6 is 104 Å². The maximum absolute atomic E-state index is 6.65. The first kappa shape index (κ1) is 37.7. The summed E-state index contributed by atoms with van der Waals surface area (Å²) in [6.45, 7) is 6.09. The van der Waals surface area contributed by atoms with Gasteiger partial charge in [-0.3, -0.25) is 0 Å². The minimum absolute atomic E-state index is 0.238. The molecule has 3 atom stereocenters. The smallest absolute Gasteiger partial charge is 0.379 e. The molecule has 0 radical (unpaired) electrons. The van der Waals surface area contributed by atoms with Crippen LogP contribution in [0, 0.1) is 0 Å². The summed E-state index contributed by atoms with van der Waals surface area (Å²) >= 11 is 57.8. The van der Waals surface area contributed by atoms with Gasteiger partial charge in [-0.05, 0) is 54.2 Å². The van der Waals surface area contributed by atoms with Crippen molar-refractivity contribution in [2.45, 2.75) is 77.6 Å². The van der Waals surface area contributed by atoms with Crippen molar-refractivity contribution in [3.05, 3.63) is 98.3 Å². The lowest BCUT2D eigenvalue weighted by Gasteiger charge is -2.30. The highest BCUT2D eigenvalue weighted by molar-refractivity contribution is 6.49. The van der Waals surface area contributed by atoms with Crippen molar-refractivity contribution in [3.8, 4) is 0 Å². The first-order chi connectivity index (χ1) is 20.4. The lowest BCUT2D eigenvalue weighted by Crippen LogP contribution is -2.33. The fraction of sp³-hybridized carbons (Fsp3) is 0.400. The molecule has 0 aromatic heterocycles. The van der Waals surface area contributed by atoms with E-state index in [9.17, 15) is 0 Å². The molecule has 0 saturated heterocycles. The van der Waals surface area contributed by atoms with Gasteiger partial charge in [0.25, 0.3) is 0 Å². The van der Waals surface area contributed by atoms with Crippen molar-refractivity contribution < 1.29 is 14.0 Å². The maximum atomic E-state index is 6.65. The molecule has 0 saturated carbocycles. The average molecular weight is 768 g/mol. The summed E-state index contributed by atoms with van der Waals surface area (Å²) in [5.41, 5.74) is 1.94. The molecule has 0 heterocycles. The van der Waals surface area contributed by atoms with Crippen LogP contribution in [-0.2, 0) is 14.0 Å². The second-order valence-electron chi connectivity index (χ2n) is 9.82. The summed E-state index contributed by atoms with van der Waals surface area (Å²) in [6.07, 6.45) is 2.36. The summed E-state index contributed by atoms with van der Waals surface area (Å²) < 4.78 is 19.8. The number of rotatable bonds is 15. The van der Waals surface area contributed by atoms with E-state index in [2.05, 4.69) is 0 Å². The lowest BCUT2D eigenvalue weighted by atomic mass is 9.99. The van der Waals surface area contributed by atoms with E-state index in [0.29, 0.717) is 66.1 Å². The van der Waals surface area contributed by atoms with Crippen LogP contribution in [0.5, 0.6) is 0 Å². The Hall–Kier alpha value is 0.215. The highest BCUT2D eigenvalue weighted by Gasteiger charge is 2.36. The monoisotopic (exact) mass is 764 g/mol. The predicted octanol–water partition coefficient (Wildman–Crippen LogP) is 14.5. The van der Waals surface area contributed by atoms with Crippen molar-refractivity contribution in [2.24, 2.45) is 0 Å². The van der Waals surface area contributed by atoms with Gasteiger partial charge in [0.1, 0.15) is 0 Å². The molecular weight excluding hydrogens is 738 g/mol. The predicted molar refractivity (Wildman–Crippen MR) is 186 cm³/mol. The van der Waals surface area contributed by atoms with Crippen LogP contribution in [0.3, 0.4) is 0 Å². The summed E-state index contributed by atoms with van der Waals surface area (Å²) in [6, 6.07) is 10.4. The van der Waals surface area contributed by atoms with Gasteiger partial charge >= 0.3 is 7.32 Å². The van der Waals surface area contributed by atoms with E-state index in [-0.39, 0.29) is 15.1 Å². The number of halogens is 9. The molecule has 3 nitrogen and oxygen atoms in total. The second-order valence-corrected chi connectivity index (χ2v) is 13.3. The van der Waals surface area contributed by atoms with Crippen molar-refractivity contribution in [3.63, 3.8) is 0 Å². The Labute approximate surface area is 299 Å². The van der Waals surface area contributed by atoms with E-state index in [4.69, 9.17) is 118 Å². The van der Waals surface area contributed by atoms with Gasteiger partial charge in [0.2, 0.25) is 0 Å². The van der Waals surface area contributed by atoms with Crippen LogP contribution < -0.4 is 0 Å². The second kappa shape index (κ2) is 17.9. The van der Waals surface area contributed by atoms with Crippen LogP contribution in [0.2, 0.25) is 45.2 Å². The molecule has 0 fully saturated rings. The molecular formula is C30H30BCl9O3. The van der Waals surface area contributed by atoms with E-state index >= 15 is 0 Å². The van der Waals surface area contributed by atoms with Crippen molar-refractivity contribution in [1.29, 1.82) is 0 Å². The Balaban J connectivity index is 2.10. The molecule has 13 heteroatoms. The standard InChI is InChI=1S/C30H30BCl9O3/c1-4-7-22(16-10-13-19(32)28(38)25(16)35)41-31(42-23(8-5-2)17-11-14-20(33)29(39)26(17)36)43-24(9-6-3)18-12-15-21(34)30(40)27(18)37/h10-15,22-24H,4-9H2,1-3H3.